The Morgan fingerprint density at radius 1 is 1.22 bits per heavy atom. The number of benzene rings is 1. The number of aromatic nitrogens is 2. The van der Waals surface area contributed by atoms with E-state index in [1.165, 1.54) is 29.0 Å². The number of anilines is 1. The van der Waals surface area contributed by atoms with Crippen molar-refractivity contribution in [2.75, 3.05) is 11.9 Å². The minimum Gasteiger partial charge on any atom is -0.370 e. The summed E-state index contributed by atoms with van der Waals surface area (Å²) in [5.41, 5.74) is 3.55. The molecule has 3 nitrogen and oxygen atoms in total. The zero-order valence-electron chi connectivity index (χ0n) is 12.8. The SMILES string of the molecule is Clc1cccc(-n2nc(Cc3cccs3)c3c2NCCCC3)c1. The highest BCUT2D eigenvalue weighted by Gasteiger charge is 2.21. The summed E-state index contributed by atoms with van der Waals surface area (Å²) in [6.45, 7) is 0.998. The Kier molecular flexibility index (Phi) is 4.10. The molecule has 0 saturated carbocycles. The minimum absolute atomic E-state index is 0.736. The number of halogens is 1. The molecule has 3 heterocycles. The lowest BCUT2D eigenvalue weighted by atomic mass is 10.1. The third-order valence-electron chi connectivity index (χ3n) is 4.19. The Morgan fingerprint density at radius 2 is 2.17 bits per heavy atom. The molecule has 118 valence electrons. The fraction of sp³-hybridized carbons (Fsp3) is 0.278. The van der Waals surface area contributed by atoms with Crippen molar-refractivity contribution in [2.45, 2.75) is 25.7 Å². The minimum atomic E-state index is 0.736. The third kappa shape index (κ3) is 3.01. The highest BCUT2D eigenvalue weighted by atomic mass is 35.5. The van der Waals surface area contributed by atoms with Gasteiger partial charge in [-0.3, -0.25) is 0 Å². The predicted molar refractivity (Wildman–Crippen MR) is 97.1 cm³/mol. The van der Waals surface area contributed by atoms with E-state index >= 15 is 0 Å². The zero-order chi connectivity index (χ0) is 15.6. The number of rotatable bonds is 3. The zero-order valence-corrected chi connectivity index (χ0v) is 14.3. The van der Waals surface area contributed by atoms with E-state index in [9.17, 15) is 0 Å². The maximum absolute atomic E-state index is 6.17. The first-order valence-corrected chi connectivity index (χ1v) is 9.20. The molecule has 0 bridgehead atoms. The molecule has 1 aliphatic heterocycles. The fourth-order valence-electron chi connectivity index (χ4n) is 3.09. The van der Waals surface area contributed by atoms with Gasteiger partial charge in [-0.15, -0.1) is 11.3 Å². The molecule has 0 spiro atoms. The maximum atomic E-state index is 6.17. The van der Waals surface area contributed by atoms with Gasteiger partial charge in [-0.25, -0.2) is 4.68 Å². The monoisotopic (exact) mass is 343 g/mol. The second-order valence-corrected chi connectivity index (χ2v) is 7.27. The van der Waals surface area contributed by atoms with Crippen molar-refractivity contribution in [1.29, 1.82) is 0 Å². The van der Waals surface area contributed by atoms with Crippen LogP contribution in [0.5, 0.6) is 0 Å². The Bertz CT molecular complexity index is 808. The summed E-state index contributed by atoms with van der Waals surface area (Å²) in [6.07, 6.45) is 4.39. The smallest absolute Gasteiger partial charge is 0.133 e. The molecule has 4 rings (SSSR count). The van der Waals surface area contributed by atoms with Crippen LogP contribution >= 0.6 is 22.9 Å². The molecule has 23 heavy (non-hydrogen) atoms. The van der Waals surface area contributed by atoms with Gasteiger partial charge in [-0.05, 0) is 48.9 Å². The van der Waals surface area contributed by atoms with Gasteiger partial charge < -0.3 is 5.32 Å². The normalized spacial score (nSPS) is 14.1. The van der Waals surface area contributed by atoms with Crippen LogP contribution in [0.2, 0.25) is 5.02 Å². The summed E-state index contributed by atoms with van der Waals surface area (Å²) in [5, 5.41) is 11.4. The quantitative estimate of drug-likeness (QED) is 0.731. The van der Waals surface area contributed by atoms with Crippen LogP contribution in [0.15, 0.2) is 41.8 Å². The number of fused-ring (bicyclic) bond motifs is 1. The highest BCUT2D eigenvalue weighted by molar-refractivity contribution is 7.09. The Balaban J connectivity index is 1.81. The third-order valence-corrected chi connectivity index (χ3v) is 5.30. The molecular weight excluding hydrogens is 326 g/mol. The summed E-state index contributed by atoms with van der Waals surface area (Å²) in [6, 6.07) is 12.2. The molecule has 0 saturated heterocycles. The second kappa shape index (κ2) is 6.38. The van der Waals surface area contributed by atoms with Gasteiger partial charge in [0.1, 0.15) is 5.82 Å². The lowest BCUT2D eigenvalue weighted by molar-refractivity contribution is 0.768. The maximum Gasteiger partial charge on any atom is 0.133 e. The van der Waals surface area contributed by atoms with Crippen LogP contribution in [0.4, 0.5) is 5.82 Å². The first-order chi connectivity index (χ1) is 11.3. The topological polar surface area (TPSA) is 29.9 Å². The summed E-state index contributed by atoms with van der Waals surface area (Å²) in [5.74, 6) is 1.14. The number of nitrogens with one attached hydrogen (secondary N) is 1. The molecule has 5 heteroatoms. The van der Waals surface area contributed by atoms with E-state index < -0.39 is 0 Å². The first-order valence-electron chi connectivity index (χ1n) is 7.94. The van der Waals surface area contributed by atoms with Crippen molar-refractivity contribution in [3.05, 3.63) is 62.9 Å². The Morgan fingerprint density at radius 3 is 3.00 bits per heavy atom. The van der Waals surface area contributed by atoms with E-state index in [0.29, 0.717) is 0 Å². The van der Waals surface area contributed by atoms with Gasteiger partial charge in [0.2, 0.25) is 0 Å². The van der Waals surface area contributed by atoms with Crippen molar-refractivity contribution < 1.29 is 0 Å². The standard InChI is InChI=1S/C18H18ClN3S/c19-13-5-3-6-14(11-13)22-18-16(8-1-2-9-20-18)17(21-22)12-15-7-4-10-23-15/h3-7,10-11,20H,1-2,8-9,12H2. The molecule has 2 aromatic heterocycles. The lowest BCUT2D eigenvalue weighted by Gasteiger charge is -2.09. The van der Waals surface area contributed by atoms with Gasteiger partial charge in [-0.2, -0.15) is 5.10 Å². The van der Waals surface area contributed by atoms with Crippen molar-refractivity contribution in [3.63, 3.8) is 0 Å². The second-order valence-electron chi connectivity index (χ2n) is 5.81. The summed E-state index contributed by atoms with van der Waals surface area (Å²) >= 11 is 7.96. The molecule has 0 radical (unpaired) electrons. The highest BCUT2D eigenvalue weighted by Crippen LogP contribution is 2.30. The molecular formula is C18H18ClN3S. The van der Waals surface area contributed by atoms with E-state index in [1.807, 2.05) is 22.9 Å². The van der Waals surface area contributed by atoms with Gasteiger partial charge in [0.25, 0.3) is 0 Å². The molecule has 0 unspecified atom stereocenters. The summed E-state index contributed by atoms with van der Waals surface area (Å²) < 4.78 is 2.02. The first kappa shape index (κ1) is 14.8. The molecule has 1 aromatic carbocycles. The molecule has 3 aromatic rings. The van der Waals surface area contributed by atoms with Gasteiger partial charge in [0.15, 0.2) is 0 Å². The molecule has 0 atom stereocenters. The molecule has 0 amide bonds. The number of hydrogen-bond acceptors (Lipinski definition) is 3. The van der Waals surface area contributed by atoms with Crippen LogP contribution in [0.1, 0.15) is 29.0 Å². The van der Waals surface area contributed by atoms with E-state index in [1.54, 1.807) is 11.3 Å². The number of hydrogen-bond donors (Lipinski definition) is 1. The average Bonchev–Trinajstić information content (AvgIpc) is 3.10. The molecule has 0 fully saturated rings. The largest absolute Gasteiger partial charge is 0.370 e. The number of thiophene rings is 1. The average molecular weight is 344 g/mol. The molecule has 1 N–H and O–H groups in total. The van der Waals surface area contributed by atoms with Crippen LogP contribution in [-0.2, 0) is 12.8 Å². The van der Waals surface area contributed by atoms with Crippen LogP contribution in [0.25, 0.3) is 5.69 Å². The van der Waals surface area contributed by atoms with E-state index in [2.05, 4.69) is 28.9 Å². The van der Waals surface area contributed by atoms with Crippen LogP contribution in [-0.4, -0.2) is 16.3 Å². The van der Waals surface area contributed by atoms with Crippen molar-refractivity contribution in [3.8, 4) is 5.69 Å². The summed E-state index contributed by atoms with van der Waals surface area (Å²) in [7, 11) is 0. The molecule has 1 aliphatic rings. The molecule has 0 aliphatic carbocycles. The van der Waals surface area contributed by atoms with Gasteiger partial charge in [-0.1, -0.05) is 23.7 Å². The van der Waals surface area contributed by atoms with Crippen molar-refractivity contribution >= 4 is 28.8 Å². The fourth-order valence-corrected chi connectivity index (χ4v) is 3.98. The Labute approximate surface area is 144 Å². The van der Waals surface area contributed by atoms with Crippen molar-refractivity contribution in [2.24, 2.45) is 0 Å². The van der Waals surface area contributed by atoms with Crippen LogP contribution in [0.3, 0.4) is 0 Å². The Hall–Kier alpha value is -1.78. The summed E-state index contributed by atoms with van der Waals surface area (Å²) in [4.78, 5) is 1.35. The van der Waals surface area contributed by atoms with Crippen molar-refractivity contribution in [1.82, 2.24) is 9.78 Å². The predicted octanol–water partition coefficient (Wildman–Crippen LogP) is 4.93. The van der Waals surface area contributed by atoms with Crippen LogP contribution < -0.4 is 5.32 Å². The lowest BCUT2D eigenvalue weighted by Crippen LogP contribution is -2.07. The van der Waals surface area contributed by atoms with Gasteiger partial charge in [0, 0.05) is 28.4 Å². The van der Waals surface area contributed by atoms with Crippen LogP contribution in [0, 0.1) is 0 Å². The van der Waals surface area contributed by atoms with E-state index in [0.717, 1.165) is 35.9 Å². The van der Waals surface area contributed by atoms with E-state index in [4.69, 9.17) is 16.7 Å². The van der Waals surface area contributed by atoms with Gasteiger partial charge >= 0.3 is 0 Å². The van der Waals surface area contributed by atoms with Gasteiger partial charge in [0.05, 0.1) is 11.4 Å². The van der Waals surface area contributed by atoms with E-state index in [-0.39, 0.29) is 0 Å². The number of nitrogens with zero attached hydrogens (tertiary/aromatic N) is 2.